The number of likely N-dealkylation sites (N-methyl/N-ethyl adjacent to an activating group) is 1. The summed E-state index contributed by atoms with van der Waals surface area (Å²) in [5, 5.41) is 2.55. The fourth-order valence-electron chi connectivity index (χ4n) is 2.18. The molecule has 0 aliphatic carbocycles. The van der Waals surface area contributed by atoms with E-state index in [2.05, 4.69) is 5.32 Å². The van der Waals surface area contributed by atoms with Crippen molar-refractivity contribution < 1.29 is 9.59 Å². The molecule has 1 N–H and O–H groups in total. The van der Waals surface area contributed by atoms with Crippen molar-refractivity contribution in [2.24, 2.45) is 0 Å². The van der Waals surface area contributed by atoms with Crippen LogP contribution in [0.4, 0.5) is 0 Å². The first-order valence-corrected chi connectivity index (χ1v) is 5.68. The summed E-state index contributed by atoms with van der Waals surface area (Å²) < 4.78 is 0. The number of hydrogen-bond donors (Lipinski definition) is 1. The van der Waals surface area contributed by atoms with Gasteiger partial charge in [0.2, 0.25) is 0 Å². The first-order valence-electron chi connectivity index (χ1n) is 5.68. The second-order valence-corrected chi connectivity index (χ2v) is 4.20. The summed E-state index contributed by atoms with van der Waals surface area (Å²) >= 11 is 0. The van der Waals surface area contributed by atoms with E-state index in [9.17, 15) is 9.59 Å². The predicted octanol–water partition coefficient (Wildman–Crippen LogP) is 0.912. The molecule has 1 aliphatic rings. The highest BCUT2D eigenvalue weighted by atomic mass is 16.2. The van der Waals surface area contributed by atoms with E-state index in [0.29, 0.717) is 6.54 Å². The zero-order valence-corrected chi connectivity index (χ0v) is 9.75. The van der Waals surface area contributed by atoms with Crippen molar-refractivity contribution in [2.45, 2.75) is 52.1 Å². The molecule has 0 bridgehead atoms. The van der Waals surface area contributed by atoms with E-state index >= 15 is 0 Å². The first kappa shape index (κ1) is 12.0. The fourth-order valence-corrected chi connectivity index (χ4v) is 2.18. The molecule has 1 fully saturated rings. The highest BCUT2D eigenvalue weighted by molar-refractivity contribution is 6.35. The summed E-state index contributed by atoms with van der Waals surface area (Å²) in [6, 6.07) is 0.368. The van der Waals surface area contributed by atoms with Crippen molar-refractivity contribution in [2.75, 3.05) is 6.54 Å². The monoisotopic (exact) mass is 212 g/mol. The number of carbonyl (C=O) groups excluding carboxylic acids is 2. The molecule has 0 aromatic heterocycles. The summed E-state index contributed by atoms with van der Waals surface area (Å²) in [6.07, 6.45) is 3.13. The van der Waals surface area contributed by atoms with E-state index in [1.807, 2.05) is 20.8 Å². The van der Waals surface area contributed by atoms with Crippen molar-refractivity contribution in [1.82, 2.24) is 10.2 Å². The highest BCUT2D eigenvalue weighted by Gasteiger charge is 2.32. The van der Waals surface area contributed by atoms with E-state index in [1.54, 1.807) is 4.90 Å². The Morgan fingerprint density at radius 1 is 1.27 bits per heavy atom. The number of rotatable bonds is 1. The molecule has 86 valence electrons. The van der Waals surface area contributed by atoms with Crippen molar-refractivity contribution >= 4 is 11.8 Å². The number of hydrogen-bond acceptors (Lipinski definition) is 2. The maximum absolute atomic E-state index is 11.8. The van der Waals surface area contributed by atoms with Gasteiger partial charge in [0.25, 0.3) is 0 Å². The van der Waals surface area contributed by atoms with Gasteiger partial charge in [-0.05, 0) is 40.0 Å². The van der Waals surface area contributed by atoms with E-state index < -0.39 is 5.91 Å². The lowest BCUT2D eigenvalue weighted by Crippen LogP contribution is -2.52. The van der Waals surface area contributed by atoms with Gasteiger partial charge in [-0.1, -0.05) is 0 Å². The fraction of sp³-hybridized carbons (Fsp3) is 0.818. The van der Waals surface area contributed by atoms with Crippen LogP contribution in [0, 0.1) is 0 Å². The quantitative estimate of drug-likeness (QED) is 0.657. The lowest BCUT2D eigenvalue weighted by molar-refractivity contribution is -0.150. The van der Waals surface area contributed by atoms with Gasteiger partial charge < -0.3 is 10.2 Å². The average Bonchev–Trinajstić information content (AvgIpc) is 2.17. The van der Waals surface area contributed by atoms with Gasteiger partial charge in [-0.15, -0.1) is 0 Å². The van der Waals surface area contributed by atoms with Gasteiger partial charge in [0.15, 0.2) is 0 Å². The van der Waals surface area contributed by atoms with E-state index in [0.717, 1.165) is 19.3 Å². The maximum Gasteiger partial charge on any atom is 0.312 e. The summed E-state index contributed by atoms with van der Waals surface area (Å²) in [6.45, 7) is 6.33. The molecular formula is C11H20N2O2. The summed E-state index contributed by atoms with van der Waals surface area (Å²) in [5.41, 5.74) is 0. The number of likely N-dealkylation sites (tertiary alicyclic amines) is 1. The van der Waals surface area contributed by atoms with Crippen molar-refractivity contribution in [3.05, 3.63) is 0 Å². The third kappa shape index (κ3) is 2.70. The lowest BCUT2D eigenvalue weighted by Gasteiger charge is -2.38. The minimum Gasteiger partial charge on any atom is -0.348 e. The van der Waals surface area contributed by atoms with Crippen molar-refractivity contribution in [3.8, 4) is 0 Å². The zero-order valence-electron chi connectivity index (χ0n) is 9.75. The van der Waals surface area contributed by atoms with E-state index in [-0.39, 0.29) is 18.0 Å². The molecule has 2 unspecified atom stereocenters. The second kappa shape index (κ2) is 5.14. The molecule has 0 aromatic rings. The Morgan fingerprint density at radius 2 is 1.80 bits per heavy atom. The average molecular weight is 212 g/mol. The lowest BCUT2D eigenvalue weighted by atomic mass is 9.97. The second-order valence-electron chi connectivity index (χ2n) is 4.20. The number of piperidine rings is 1. The molecular weight excluding hydrogens is 192 g/mol. The third-order valence-electron chi connectivity index (χ3n) is 2.96. The Morgan fingerprint density at radius 3 is 2.27 bits per heavy atom. The topological polar surface area (TPSA) is 49.4 Å². The SMILES string of the molecule is CCNC(=O)C(=O)N1C(C)CCCC1C. The molecule has 0 radical (unpaired) electrons. The normalized spacial score (nSPS) is 26.2. The van der Waals surface area contributed by atoms with Gasteiger partial charge in [0, 0.05) is 18.6 Å². The van der Waals surface area contributed by atoms with Crippen LogP contribution in [0.3, 0.4) is 0 Å². The molecule has 4 heteroatoms. The predicted molar refractivity (Wildman–Crippen MR) is 58.3 cm³/mol. The van der Waals surface area contributed by atoms with Crippen LogP contribution >= 0.6 is 0 Å². The van der Waals surface area contributed by atoms with Crippen LogP contribution in [0.25, 0.3) is 0 Å². The number of nitrogens with one attached hydrogen (secondary N) is 1. The summed E-state index contributed by atoms with van der Waals surface area (Å²) in [4.78, 5) is 25.0. The van der Waals surface area contributed by atoms with E-state index in [1.165, 1.54) is 0 Å². The highest BCUT2D eigenvalue weighted by Crippen LogP contribution is 2.22. The van der Waals surface area contributed by atoms with Crippen LogP contribution < -0.4 is 5.32 Å². The standard InChI is InChI=1S/C11H20N2O2/c1-4-12-10(14)11(15)13-8(2)6-5-7-9(13)3/h8-9H,4-7H2,1-3H3,(H,12,14). The molecule has 2 atom stereocenters. The summed E-state index contributed by atoms with van der Waals surface area (Å²) in [7, 11) is 0. The van der Waals surface area contributed by atoms with Crippen LogP contribution in [0.2, 0.25) is 0 Å². The van der Waals surface area contributed by atoms with E-state index in [4.69, 9.17) is 0 Å². The molecule has 1 aliphatic heterocycles. The molecule has 0 saturated carbocycles. The first-order chi connectivity index (χ1) is 7.07. The van der Waals surface area contributed by atoms with Gasteiger partial charge in [0.1, 0.15) is 0 Å². The maximum atomic E-state index is 11.8. The van der Waals surface area contributed by atoms with Crippen molar-refractivity contribution in [3.63, 3.8) is 0 Å². The number of carbonyl (C=O) groups is 2. The zero-order chi connectivity index (χ0) is 11.4. The Hall–Kier alpha value is -1.06. The van der Waals surface area contributed by atoms with Crippen LogP contribution in [-0.2, 0) is 9.59 Å². The Labute approximate surface area is 91.0 Å². The van der Waals surface area contributed by atoms with Gasteiger partial charge in [-0.25, -0.2) is 0 Å². The molecule has 1 heterocycles. The Bertz CT molecular complexity index is 243. The van der Waals surface area contributed by atoms with Crippen molar-refractivity contribution in [1.29, 1.82) is 0 Å². The van der Waals surface area contributed by atoms with Crippen LogP contribution in [0.1, 0.15) is 40.0 Å². The van der Waals surface area contributed by atoms with Gasteiger partial charge in [-0.3, -0.25) is 9.59 Å². The van der Waals surface area contributed by atoms with Crippen LogP contribution in [-0.4, -0.2) is 35.3 Å². The Balaban J connectivity index is 2.67. The van der Waals surface area contributed by atoms with Gasteiger partial charge in [0.05, 0.1) is 0 Å². The molecule has 0 spiro atoms. The Kier molecular flexibility index (Phi) is 4.12. The van der Waals surface area contributed by atoms with Gasteiger partial charge >= 0.3 is 11.8 Å². The molecule has 4 nitrogen and oxygen atoms in total. The molecule has 15 heavy (non-hydrogen) atoms. The van der Waals surface area contributed by atoms with Crippen LogP contribution in [0.5, 0.6) is 0 Å². The summed E-state index contributed by atoms with van der Waals surface area (Å²) in [5.74, 6) is -0.852. The molecule has 1 saturated heterocycles. The third-order valence-corrected chi connectivity index (χ3v) is 2.96. The largest absolute Gasteiger partial charge is 0.348 e. The van der Waals surface area contributed by atoms with Crippen LogP contribution in [0.15, 0.2) is 0 Å². The molecule has 0 aromatic carbocycles. The minimum absolute atomic E-state index is 0.184. The smallest absolute Gasteiger partial charge is 0.312 e. The van der Waals surface area contributed by atoms with Gasteiger partial charge in [-0.2, -0.15) is 0 Å². The number of amides is 2. The molecule has 2 amide bonds. The molecule has 1 rings (SSSR count). The minimum atomic E-state index is -0.474. The number of nitrogens with zero attached hydrogens (tertiary/aromatic N) is 1.